The van der Waals surface area contributed by atoms with Gasteiger partial charge in [0.1, 0.15) is 5.75 Å². The molecule has 0 saturated heterocycles. The van der Waals surface area contributed by atoms with E-state index in [0.29, 0.717) is 23.5 Å². The van der Waals surface area contributed by atoms with Crippen molar-refractivity contribution in [2.75, 3.05) is 18.5 Å². The summed E-state index contributed by atoms with van der Waals surface area (Å²) in [6.45, 7) is 4.36. The highest BCUT2D eigenvalue weighted by Crippen LogP contribution is 2.12. The van der Waals surface area contributed by atoms with Gasteiger partial charge in [-0.05, 0) is 50.2 Å². The van der Waals surface area contributed by atoms with Gasteiger partial charge >= 0.3 is 0 Å². The fourth-order valence-electron chi connectivity index (χ4n) is 1.95. The van der Waals surface area contributed by atoms with Crippen LogP contribution < -0.4 is 15.4 Å². The molecular formula is C18H20N2O3. The molecule has 0 unspecified atom stereocenters. The summed E-state index contributed by atoms with van der Waals surface area (Å²) in [5.41, 5.74) is 2.31. The lowest BCUT2D eigenvalue weighted by Gasteiger charge is -2.08. The van der Waals surface area contributed by atoms with Crippen molar-refractivity contribution in [2.45, 2.75) is 13.8 Å². The van der Waals surface area contributed by atoms with E-state index in [-0.39, 0.29) is 18.4 Å². The minimum Gasteiger partial charge on any atom is -0.484 e. The predicted octanol–water partition coefficient (Wildman–Crippen LogP) is 2.76. The maximum Gasteiger partial charge on any atom is 0.262 e. The van der Waals surface area contributed by atoms with Gasteiger partial charge in [0.25, 0.3) is 11.8 Å². The highest BCUT2D eigenvalue weighted by molar-refractivity contribution is 5.96. The molecule has 2 aromatic carbocycles. The lowest BCUT2D eigenvalue weighted by atomic mass is 10.2. The Morgan fingerprint density at radius 3 is 2.26 bits per heavy atom. The Kier molecular flexibility index (Phi) is 5.74. The molecule has 0 radical (unpaired) electrons. The topological polar surface area (TPSA) is 67.4 Å². The molecule has 23 heavy (non-hydrogen) atoms. The summed E-state index contributed by atoms with van der Waals surface area (Å²) in [5, 5.41) is 5.44. The van der Waals surface area contributed by atoms with Crippen LogP contribution in [-0.4, -0.2) is 25.0 Å². The van der Waals surface area contributed by atoms with Gasteiger partial charge < -0.3 is 15.4 Å². The number of carbonyl (C=O) groups excluding carboxylic acids is 2. The van der Waals surface area contributed by atoms with Crippen molar-refractivity contribution in [1.82, 2.24) is 5.32 Å². The van der Waals surface area contributed by atoms with Crippen LogP contribution in [-0.2, 0) is 4.79 Å². The second-order valence-electron chi connectivity index (χ2n) is 5.09. The first-order chi connectivity index (χ1) is 11.1. The zero-order chi connectivity index (χ0) is 16.7. The van der Waals surface area contributed by atoms with Crippen LogP contribution in [0.4, 0.5) is 5.69 Å². The molecule has 0 saturated carbocycles. The average Bonchev–Trinajstić information content (AvgIpc) is 2.55. The summed E-state index contributed by atoms with van der Waals surface area (Å²) < 4.78 is 5.41. The molecule has 5 heteroatoms. The fourth-order valence-corrected chi connectivity index (χ4v) is 1.95. The van der Waals surface area contributed by atoms with E-state index < -0.39 is 0 Å². The Balaban J connectivity index is 1.85. The van der Waals surface area contributed by atoms with Crippen molar-refractivity contribution in [3.63, 3.8) is 0 Å². The molecule has 0 fully saturated rings. The maximum atomic E-state index is 11.9. The minimum atomic E-state index is -0.253. The van der Waals surface area contributed by atoms with Crippen molar-refractivity contribution in [2.24, 2.45) is 0 Å². The van der Waals surface area contributed by atoms with E-state index in [9.17, 15) is 9.59 Å². The van der Waals surface area contributed by atoms with Crippen molar-refractivity contribution in [3.05, 3.63) is 59.7 Å². The molecule has 0 aliphatic carbocycles. The highest BCUT2D eigenvalue weighted by Gasteiger charge is 2.06. The molecule has 2 N–H and O–H groups in total. The van der Waals surface area contributed by atoms with E-state index in [1.807, 2.05) is 38.1 Å². The number of aryl methyl sites for hydroxylation is 1. The third-order valence-electron chi connectivity index (χ3n) is 3.16. The molecule has 2 aromatic rings. The first-order valence-corrected chi connectivity index (χ1v) is 7.46. The molecule has 2 amide bonds. The van der Waals surface area contributed by atoms with Gasteiger partial charge in [-0.3, -0.25) is 9.59 Å². The van der Waals surface area contributed by atoms with Gasteiger partial charge in [-0.25, -0.2) is 0 Å². The van der Waals surface area contributed by atoms with E-state index in [0.717, 1.165) is 5.56 Å². The second-order valence-corrected chi connectivity index (χ2v) is 5.09. The third kappa shape index (κ3) is 5.14. The second kappa shape index (κ2) is 7.98. The first kappa shape index (κ1) is 16.5. The van der Waals surface area contributed by atoms with Gasteiger partial charge in [0.15, 0.2) is 6.61 Å². The van der Waals surface area contributed by atoms with Gasteiger partial charge in [-0.2, -0.15) is 0 Å². The highest BCUT2D eigenvalue weighted by atomic mass is 16.5. The molecule has 120 valence electrons. The molecule has 0 aliphatic rings. The molecular weight excluding hydrogens is 292 g/mol. The van der Waals surface area contributed by atoms with Crippen molar-refractivity contribution >= 4 is 17.5 Å². The Hall–Kier alpha value is -2.82. The van der Waals surface area contributed by atoms with Crippen LogP contribution in [0.1, 0.15) is 22.8 Å². The molecule has 2 rings (SSSR count). The number of rotatable bonds is 6. The van der Waals surface area contributed by atoms with Crippen molar-refractivity contribution in [1.29, 1.82) is 0 Å². The molecule has 0 heterocycles. The van der Waals surface area contributed by atoms with Crippen LogP contribution in [0, 0.1) is 6.92 Å². The van der Waals surface area contributed by atoms with Crippen LogP contribution in [0.3, 0.4) is 0 Å². The summed E-state index contributed by atoms with van der Waals surface area (Å²) in [4.78, 5) is 23.5. The monoisotopic (exact) mass is 312 g/mol. The number of amides is 2. The number of anilines is 1. The quantitative estimate of drug-likeness (QED) is 0.862. The van der Waals surface area contributed by atoms with Gasteiger partial charge in [-0.1, -0.05) is 17.7 Å². The zero-order valence-corrected chi connectivity index (χ0v) is 13.3. The summed E-state index contributed by atoms with van der Waals surface area (Å²) in [6, 6.07) is 14.2. The van der Waals surface area contributed by atoms with Crippen LogP contribution in [0.15, 0.2) is 48.5 Å². The van der Waals surface area contributed by atoms with E-state index in [4.69, 9.17) is 4.74 Å². The largest absolute Gasteiger partial charge is 0.484 e. The minimum absolute atomic E-state index is 0.0683. The molecule has 0 aromatic heterocycles. The Morgan fingerprint density at radius 2 is 1.65 bits per heavy atom. The molecule has 0 bridgehead atoms. The summed E-state index contributed by atoms with van der Waals surface area (Å²) >= 11 is 0. The number of nitrogens with one attached hydrogen (secondary N) is 2. The molecule has 5 nitrogen and oxygen atoms in total. The lowest BCUT2D eigenvalue weighted by molar-refractivity contribution is -0.118. The predicted molar refractivity (Wildman–Crippen MR) is 89.8 cm³/mol. The van der Waals surface area contributed by atoms with Gasteiger partial charge in [-0.15, -0.1) is 0 Å². The average molecular weight is 312 g/mol. The number of hydrogen-bond donors (Lipinski definition) is 2. The SMILES string of the molecule is CCNC(=O)c1ccc(NC(=O)COc2ccc(C)cc2)cc1. The number of benzene rings is 2. The third-order valence-corrected chi connectivity index (χ3v) is 3.16. The maximum absolute atomic E-state index is 11.9. The number of hydrogen-bond acceptors (Lipinski definition) is 3. The normalized spacial score (nSPS) is 10.0. The van der Waals surface area contributed by atoms with E-state index in [2.05, 4.69) is 10.6 Å². The van der Waals surface area contributed by atoms with E-state index >= 15 is 0 Å². The van der Waals surface area contributed by atoms with Gasteiger partial charge in [0.2, 0.25) is 0 Å². The Labute approximate surface area is 135 Å². The molecule has 0 atom stereocenters. The lowest BCUT2D eigenvalue weighted by Crippen LogP contribution is -2.23. The Bertz CT molecular complexity index is 664. The molecule has 0 aliphatic heterocycles. The van der Waals surface area contributed by atoms with Crippen molar-refractivity contribution in [3.8, 4) is 5.75 Å². The number of carbonyl (C=O) groups is 2. The van der Waals surface area contributed by atoms with Crippen LogP contribution in [0.2, 0.25) is 0 Å². The fraction of sp³-hybridized carbons (Fsp3) is 0.222. The van der Waals surface area contributed by atoms with Crippen LogP contribution in [0.5, 0.6) is 5.75 Å². The van der Waals surface area contributed by atoms with E-state index in [1.165, 1.54) is 0 Å². The van der Waals surface area contributed by atoms with E-state index in [1.54, 1.807) is 24.3 Å². The van der Waals surface area contributed by atoms with Gasteiger partial charge in [0.05, 0.1) is 0 Å². The molecule has 0 spiro atoms. The summed E-state index contributed by atoms with van der Waals surface area (Å²) in [5.74, 6) is 0.266. The standard InChI is InChI=1S/C18H20N2O3/c1-3-19-18(22)14-6-8-15(9-7-14)20-17(21)12-23-16-10-4-13(2)5-11-16/h4-11H,3,12H2,1-2H3,(H,19,22)(H,20,21). The van der Waals surface area contributed by atoms with Crippen molar-refractivity contribution < 1.29 is 14.3 Å². The summed E-state index contributed by atoms with van der Waals surface area (Å²) in [6.07, 6.45) is 0. The van der Waals surface area contributed by atoms with Crippen LogP contribution in [0.25, 0.3) is 0 Å². The zero-order valence-electron chi connectivity index (χ0n) is 13.3. The smallest absolute Gasteiger partial charge is 0.262 e. The van der Waals surface area contributed by atoms with Gasteiger partial charge in [0, 0.05) is 17.8 Å². The number of ether oxygens (including phenoxy) is 1. The Morgan fingerprint density at radius 1 is 1.00 bits per heavy atom. The van der Waals surface area contributed by atoms with Crippen LogP contribution >= 0.6 is 0 Å². The first-order valence-electron chi connectivity index (χ1n) is 7.46. The summed E-state index contributed by atoms with van der Waals surface area (Å²) in [7, 11) is 0.